The van der Waals surface area contributed by atoms with Gasteiger partial charge in [-0.25, -0.2) is 0 Å². The molecule has 0 atom stereocenters. The number of likely N-dealkylation sites (N-methyl/N-ethyl adjacent to an activating group) is 1. The van der Waals surface area contributed by atoms with E-state index in [0.717, 1.165) is 18.7 Å². The second-order valence-electron chi connectivity index (χ2n) is 5.49. The van der Waals surface area contributed by atoms with Gasteiger partial charge in [-0.1, -0.05) is 12.1 Å². The SMILES string of the molecule is CN(CC(=O)N1CCNCC1)Cc1ccc(OC(F)(F)F)cc1. The van der Waals surface area contributed by atoms with Crippen LogP contribution in [0.3, 0.4) is 0 Å². The quantitative estimate of drug-likeness (QED) is 0.887. The Morgan fingerprint density at radius 2 is 1.87 bits per heavy atom. The van der Waals surface area contributed by atoms with Gasteiger partial charge in [0, 0.05) is 32.7 Å². The van der Waals surface area contributed by atoms with Crippen molar-refractivity contribution in [3.63, 3.8) is 0 Å². The molecule has 1 N–H and O–H groups in total. The van der Waals surface area contributed by atoms with E-state index in [1.165, 1.54) is 12.1 Å². The highest BCUT2D eigenvalue weighted by molar-refractivity contribution is 5.78. The van der Waals surface area contributed by atoms with E-state index in [1.807, 2.05) is 9.80 Å². The molecule has 0 radical (unpaired) electrons. The average molecular weight is 331 g/mol. The summed E-state index contributed by atoms with van der Waals surface area (Å²) in [6.45, 7) is 3.77. The molecule has 5 nitrogen and oxygen atoms in total. The lowest BCUT2D eigenvalue weighted by Gasteiger charge is -2.29. The molecule has 0 spiro atoms. The van der Waals surface area contributed by atoms with Gasteiger partial charge in [-0.2, -0.15) is 0 Å². The lowest BCUT2D eigenvalue weighted by Crippen LogP contribution is -2.49. The smallest absolute Gasteiger partial charge is 0.406 e. The maximum absolute atomic E-state index is 12.1. The maximum atomic E-state index is 12.1. The number of ether oxygens (including phenoxy) is 1. The highest BCUT2D eigenvalue weighted by Crippen LogP contribution is 2.22. The van der Waals surface area contributed by atoms with Gasteiger partial charge >= 0.3 is 6.36 Å². The number of hydrogen-bond donors (Lipinski definition) is 1. The van der Waals surface area contributed by atoms with Crippen molar-refractivity contribution in [1.82, 2.24) is 15.1 Å². The minimum absolute atomic E-state index is 0.0611. The minimum Gasteiger partial charge on any atom is -0.406 e. The van der Waals surface area contributed by atoms with Crippen LogP contribution in [0.4, 0.5) is 13.2 Å². The molecule has 0 unspecified atom stereocenters. The molecule has 1 aliphatic rings. The van der Waals surface area contributed by atoms with Crippen molar-refractivity contribution in [2.24, 2.45) is 0 Å². The van der Waals surface area contributed by atoms with Gasteiger partial charge in [-0.05, 0) is 24.7 Å². The van der Waals surface area contributed by atoms with Crippen molar-refractivity contribution in [2.75, 3.05) is 39.8 Å². The number of alkyl halides is 3. The first-order valence-electron chi connectivity index (χ1n) is 7.35. The number of hydrogen-bond acceptors (Lipinski definition) is 4. The molecule has 128 valence electrons. The molecule has 1 aliphatic heterocycles. The molecular weight excluding hydrogens is 311 g/mol. The van der Waals surface area contributed by atoms with Crippen molar-refractivity contribution in [1.29, 1.82) is 0 Å². The van der Waals surface area contributed by atoms with Gasteiger partial charge < -0.3 is 15.0 Å². The first kappa shape index (κ1) is 17.6. The molecule has 0 saturated carbocycles. The number of carbonyl (C=O) groups excluding carboxylic acids is 1. The summed E-state index contributed by atoms with van der Waals surface area (Å²) in [4.78, 5) is 15.8. The third-order valence-electron chi connectivity index (χ3n) is 3.48. The zero-order valence-electron chi connectivity index (χ0n) is 12.9. The Morgan fingerprint density at radius 1 is 1.26 bits per heavy atom. The normalized spacial score (nSPS) is 15.8. The second kappa shape index (κ2) is 7.65. The molecule has 1 aromatic rings. The maximum Gasteiger partial charge on any atom is 0.573 e. The Labute approximate surface area is 133 Å². The van der Waals surface area contributed by atoms with Gasteiger partial charge in [0.15, 0.2) is 0 Å². The first-order valence-corrected chi connectivity index (χ1v) is 7.35. The zero-order valence-corrected chi connectivity index (χ0v) is 12.9. The van der Waals surface area contributed by atoms with Crippen molar-refractivity contribution >= 4 is 5.91 Å². The number of piperazine rings is 1. The van der Waals surface area contributed by atoms with Crippen LogP contribution in [0.2, 0.25) is 0 Å². The van der Waals surface area contributed by atoms with Gasteiger partial charge in [0.05, 0.1) is 6.54 Å². The number of benzene rings is 1. The Bertz CT molecular complexity index is 514. The van der Waals surface area contributed by atoms with Crippen LogP contribution >= 0.6 is 0 Å². The zero-order chi connectivity index (χ0) is 16.9. The van der Waals surface area contributed by atoms with E-state index in [1.54, 1.807) is 19.2 Å². The van der Waals surface area contributed by atoms with Crippen LogP contribution < -0.4 is 10.1 Å². The fourth-order valence-corrected chi connectivity index (χ4v) is 2.41. The summed E-state index contributed by atoms with van der Waals surface area (Å²) >= 11 is 0. The standard InChI is InChI=1S/C15H20F3N3O2/c1-20(11-14(22)21-8-6-19-7-9-21)10-12-2-4-13(5-3-12)23-15(16,17)18/h2-5,19H,6-11H2,1H3. The molecule has 1 heterocycles. The summed E-state index contributed by atoms with van der Waals surface area (Å²) < 4.78 is 40.1. The average Bonchev–Trinajstić information content (AvgIpc) is 2.48. The lowest BCUT2D eigenvalue weighted by molar-refractivity contribution is -0.274. The monoisotopic (exact) mass is 331 g/mol. The minimum atomic E-state index is -4.69. The lowest BCUT2D eigenvalue weighted by atomic mass is 10.2. The third-order valence-corrected chi connectivity index (χ3v) is 3.48. The molecule has 0 aromatic heterocycles. The van der Waals surface area contributed by atoms with E-state index in [2.05, 4.69) is 10.1 Å². The molecular formula is C15H20F3N3O2. The summed E-state index contributed by atoms with van der Waals surface area (Å²) in [7, 11) is 1.81. The summed E-state index contributed by atoms with van der Waals surface area (Å²) in [6.07, 6.45) is -4.69. The topological polar surface area (TPSA) is 44.8 Å². The summed E-state index contributed by atoms with van der Waals surface area (Å²) in [6, 6.07) is 5.67. The summed E-state index contributed by atoms with van der Waals surface area (Å²) in [5.74, 6) is -0.188. The fraction of sp³-hybridized carbons (Fsp3) is 0.533. The van der Waals surface area contributed by atoms with Gasteiger partial charge in [0.2, 0.25) is 5.91 Å². The second-order valence-corrected chi connectivity index (χ2v) is 5.49. The van der Waals surface area contributed by atoms with Gasteiger partial charge in [-0.15, -0.1) is 13.2 Å². The van der Waals surface area contributed by atoms with E-state index in [0.29, 0.717) is 19.6 Å². The highest BCUT2D eigenvalue weighted by atomic mass is 19.4. The van der Waals surface area contributed by atoms with Crippen molar-refractivity contribution in [3.05, 3.63) is 29.8 Å². The molecule has 0 aliphatic carbocycles. The largest absolute Gasteiger partial charge is 0.573 e. The van der Waals surface area contributed by atoms with Crippen molar-refractivity contribution in [2.45, 2.75) is 12.9 Å². The summed E-state index contributed by atoms with van der Waals surface area (Å²) in [5.41, 5.74) is 0.815. The van der Waals surface area contributed by atoms with Gasteiger partial charge in [0.1, 0.15) is 5.75 Å². The van der Waals surface area contributed by atoms with Crippen LogP contribution in [0.1, 0.15) is 5.56 Å². The highest BCUT2D eigenvalue weighted by Gasteiger charge is 2.30. The molecule has 1 fully saturated rings. The van der Waals surface area contributed by atoms with Gasteiger partial charge in [0.25, 0.3) is 0 Å². The number of nitrogens with one attached hydrogen (secondary N) is 1. The number of amides is 1. The van der Waals surface area contributed by atoms with Crippen molar-refractivity contribution < 1.29 is 22.7 Å². The van der Waals surface area contributed by atoms with Crippen LogP contribution in [0, 0.1) is 0 Å². The van der Waals surface area contributed by atoms with Gasteiger partial charge in [-0.3, -0.25) is 9.69 Å². The Kier molecular flexibility index (Phi) is 5.84. The van der Waals surface area contributed by atoms with Crippen LogP contribution in [0.5, 0.6) is 5.75 Å². The third kappa shape index (κ3) is 6.07. The predicted molar refractivity (Wildman–Crippen MR) is 78.9 cm³/mol. The molecule has 8 heteroatoms. The van der Waals surface area contributed by atoms with Crippen LogP contribution in [-0.4, -0.2) is 61.8 Å². The van der Waals surface area contributed by atoms with E-state index >= 15 is 0 Å². The fourth-order valence-electron chi connectivity index (χ4n) is 2.41. The molecule has 0 bridgehead atoms. The molecule has 1 aromatic carbocycles. The first-order chi connectivity index (χ1) is 10.8. The number of nitrogens with zero attached hydrogens (tertiary/aromatic N) is 2. The van der Waals surface area contributed by atoms with Crippen LogP contribution in [0.25, 0.3) is 0 Å². The molecule has 23 heavy (non-hydrogen) atoms. The van der Waals surface area contributed by atoms with E-state index in [9.17, 15) is 18.0 Å². The Balaban J connectivity index is 1.82. The Morgan fingerprint density at radius 3 is 2.43 bits per heavy atom. The van der Waals surface area contributed by atoms with Crippen LogP contribution in [-0.2, 0) is 11.3 Å². The van der Waals surface area contributed by atoms with Crippen LogP contribution in [0.15, 0.2) is 24.3 Å². The molecule has 1 amide bonds. The van der Waals surface area contributed by atoms with E-state index in [-0.39, 0.29) is 18.2 Å². The van der Waals surface area contributed by atoms with E-state index in [4.69, 9.17) is 0 Å². The number of halogens is 3. The molecule has 2 rings (SSSR count). The number of carbonyl (C=O) groups is 1. The summed E-state index contributed by atoms with van der Waals surface area (Å²) in [5, 5.41) is 3.18. The van der Waals surface area contributed by atoms with E-state index < -0.39 is 6.36 Å². The Hall–Kier alpha value is -1.80. The predicted octanol–water partition coefficient (Wildman–Crippen LogP) is 1.45. The molecule has 1 saturated heterocycles. The van der Waals surface area contributed by atoms with Crippen molar-refractivity contribution in [3.8, 4) is 5.75 Å². The number of rotatable bonds is 5.